The SMILES string of the molecule is COCCCCOc1c2ccccc2cc2cccc(C)c12. The smallest absolute Gasteiger partial charge is 0.135 e. The second-order valence-corrected chi connectivity index (χ2v) is 5.65. The van der Waals surface area contributed by atoms with Gasteiger partial charge in [0, 0.05) is 24.5 Å². The Kier molecular flexibility index (Phi) is 4.59. The molecule has 22 heavy (non-hydrogen) atoms. The number of ether oxygens (including phenoxy) is 2. The van der Waals surface area contributed by atoms with Crippen molar-refractivity contribution < 1.29 is 9.47 Å². The number of hydrogen-bond acceptors (Lipinski definition) is 2. The molecule has 3 rings (SSSR count). The van der Waals surface area contributed by atoms with Gasteiger partial charge < -0.3 is 9.47 Å². The maximum atomic E-state index is 6.20. The van der Waals surface area contributed by atoms with E-state index in [1.807, 2.05) is 0 Å². The van der Waals surface area contributed by atoms with Crippen molar-refractivity contribution in [1.82, 2.24) is 0 Å². The van der Waals surface area contributed by atoms with E-state index in [9.17, 15) is 0 Å². The van der Waals surface area contributed by atoms with E-state index in [2.05, 4.69) is 55.5 Å². The number of benzene rings is 3. The van der Waals surface area contributed by atoms with Crippen molar-refractivity contribution in [3.63, 3.8) is 0 Å². The second kappa shape index (κ2) is 6.80. The third-order valence-corrected chi connectivity index (χ3v) is 4.04. The lowest BCUT2D eigenvalue weighted by Gasteiger charge is -2.14. The topological polar surface area (TPSA) is 18.5 Å². The Balaban J connectivity index is 2.02. The molecule has 0 saturated carbocycles. The van der Waals surface area contributed by atoms with Gasteiger partial charge in [0.15, 0.2) is 0 Å². The molecule has 2 nitrogen and oxygen atoms in total. The monoisotopic (exact) mass is 294 g/mol. The number of unbranched alkanes of at least 4 members (excludes halogenated alkanes) is 1. The predicted octanol–water partition coefficient (Wildman–Crippen LogP) is 5.11. The van der Waals surface area contributed by atoms with Crippen molar-refractivity contribution in [2.45, 2.75) is 19.8 Å². The Morgan fingerprint density at radius 1 is 0.864 bits per heavy atom. The molecule has 0 aromatic heterocycles. The highest BCUT2D eigenvalue weighted by Gasteiger charge is 2.10. The minimum absolute atomic E-state index is 0.723. The van der Waals surface area contributed by atoms with Gasteiger partial charge in [-0.25, -0.2) is 0 Å². The van der Waals surface area contributed by atoms with Crippen LogP contribution in [0.1, 0.15) is 18.4 Å². The molecule has 0 radical (unpaired) electrons. The zero-order chi connectivity index (χ0) is 15.4. The normalized spacial score (nSPS) is 11.2. The molecule has 0 saturated heterocycles. The Morgan fingerprint density at radius 3 is 2.50 bits per heavy atom. The lowest BCUT2D eigenvalue weighted by molar-refractivity contribution is 0.184. The largest absolute Gasteiger partial charge is 0.492 e. The van der Waals surface area contributed by atoms with Crippen LogP contribution in [0.15, 0.2) is 48.5 Å². The molecule has 0 bridgehead atoms. The zero-order valence-corrected chi connectivity index (χ0v) is 13.3. The summed E-state index contributed by atoms with van der Waals surface area (Å²) < 4.78 is 11.3. The van der Waals surface area contributed by atoms with Crippen LogP contribution in [0.3, 0.4) is 0 Å². The molecule has 114 valence electrons. The summed E-state index contributed by atoms with van der Waals surface area (Å²) in [5.41, 5.74) is 1.26. The Hall–Kier alpha value is -2.06. The van der Waals surface area contributed by atoms with E-state index in [4.69, 9.17) is 9.47 Å². The summed E-state index contributed by atoms with van der Waals surface area (Å²) in [6.07, 6.45) is 2.03. The number of aryl methyl sites for hydroxylation is 1. The molecule has 2 heteroatoms. The molecule has 3 aromatic rings. The van der Waals surface area contributed by atoms with Crippen LogP contribution in [0.25, 0.3) is 21.5 Å². The maximum Gasteiger partial charge on any atom is 0.135 e. The highest BCUT2D eigenvalue weighted by molar-refractivity contribution is 6.06. The highest BCUT2D eigenvalue weighted by Crippen LogP contribution is 2.36. The minimum atomic E-state index is 0.723. The summed E-state index contributed by atoms with van der Waals surface area (Å²) in [6, 6.07) is 17.1. The van der Waals surface area contributed by atoms with Gasteiger partial charge in [-0.1, -0.05) is 42.5 Å². The first-order valence-corrected chi connectivity index (χ1v) is 7.84. The molecular weight excluding hydrogens is 272 g/mol. The molecule has 0 aliphatic heterocycles. The van der Waals surface area contributed by atoms with Crippen LogP contribution in [0, 0.1) is 6.92 Å². The van der Waals surface area contributed by atoms with Crippen molar-refractivity contribution >= 4 is 21.5 Å². The van der Waals surface area contributed by atoms with Crippen LogP contribution >= 0.6 is 0 Å². The molecule has 0 amide bonds. The van der Waals surface area contributed by atoms with Gasteiger partial charge in [0.2, 0.25) is 0 Å². The van der Waals surface area contributed by atoms with E-state index in [1.165, 1.54) is 27.1 Å². The number of methoxy groups -OCH3 is 1. The molecule has 0 spiro atoms. The standard InChI is InChI=1S/C20H22O2/c1-15-8-7-10-17-14-16-9-3-4-11-18(16)20(19(15)17)22-13-6-5-12-21-2/h3-4,7-11,14H,5-6,12-13H2,1-2H3. The van der Waals surface area contributed by atoms with Crippen molar-refractivity contribution in [2.24, 2.45) is 0 Å². The first kappa shape index (κ1) is 14.9. The van der Waals surface area contributed by atoms with Gasteiger partial charge in [-0.05, 0) is 42.2 Å². The van der Waals surface area contributed by atoms with Crippen LogP contribution < -0.4 is 4.74 Å². The van der Waals surface area contributed by atoms with Crippen molar-refractivity contribution in [3.05, 3.63) is 54.1 Å². The highest BCUT2D eigenvalue weighted by atomic mass is 16.5. The average Bonchev–Trinajstić information content (AvgIpc) is 2.54. The Labute approximate surface area is 131 Å². The van der Waals surface area contributed by atoms with Gasteiger partial charge in [0.25, 0.3) is 0 Å². The van der Waals surface area contributed by atoms with E-state index in [1.54, 1.807) is 7.11 Å². The first-order valence-electron chi connectivity index (χ1n) is 7.84. The molecule has 0 aliphatic carbocycles. The Bertz CT molecular complexity index is 777. The summed E-state index contributed by atoms with van der Waals surface area (Å²) in [5, 5.41) is 4.89. The van der Waals surface area contributed by atoms with Crippen LogP contribution in [0.4, 0.5) is 0 Å². The van der Waals surface area contributed by atoms with Gasteiger partial charge in [-0.2, -0.15) is 0 Å². The van der Waals surface area contributed by atoms with Gasteiger partial charge >= 0.3 is 0 Å². The number of fused-ring (bicyclic) bond motifs is 2. The summed E-state index contributed by atoms with van der Waals surface area (Å²) in [5.74, 6) is 1.02. The van der Waals surface area contributed by atoms with E-state index in [0.717, 1.165) is 31.8 Å². The van der Waals surface area contributed by atoms with Crippen molar-refractivity contribution in [3.8, 4) is 5.75 Å². The van der Waals surface area contributed by atoms with E-state index in [-0.39, 0.29) is 0 Å². The summed E-state index contributed by atoms with van der Waals surface area (Å²) in [6.45, 7) is 3.66. The minimum Gasteiger partial charge on any atom is -0.492 e. The van der Waals surface area contributed by atoms with Gasteiger partial charge in [0.1, 0.15) is 5.75 Å². The molecule has 0 heterocycles. The molecule has 0 N–H and O–H groups in total. The summed E-state index contributed by atoms with van der Waals surface area (Å²) >= 11 is 0. The van der Waals surface area contributed by atoms with Crippen molar-refractivity contribution in [2.75, 3.05) is 20.3 Å². The maximum absolute atomic E-state index is 6.20. The van der Waals surface area contributed by atoms with Crippen molar-refractivity contribution in [1.29, 1.82) is 0 Å². The quantitative estimate of drug-likeness (QED) is 0.465. The molecule has 3 aromatic carbocycles. The third kappa shape index (κ3) is 2.93. The lowest BCUT2D eigenvalue weighted by Crippen LogP contribution is -2.01. The van der Waals surface area contributed by atoms with Crippen LogP contribution in [0.2, 0.25) is 0 Å². The molecular formula is C20H22O2. The summed E-state index contributed by atoms with van der Waals surface area (Å²) in [4.78, 5) is 0. The number of hydrogen-bond donors (Lipinski definition) is 0. The zero-order valence-electron chi connectivity index (χ0n) is 13.3. The number of rotatable bonds is 6. The molecule has 0 unspecified atom stereocenters. The average molecular weight is 294 g/mol. The summed E-state index contributed by atoms with van der Waals surface area (Å²) in [7, 11) is 1.74. The fourth-order valence-corrected chi connectivity index (χ4v) is 2.93. The van der Waals surface area contributed by atoms with Gasteiger partial charge in [0.05, 0.1) is 6.61 Å². The molecule has 0 fully saturated rings. The van der Waals surface area contributed by atoms with Crippen LogP contribution in [-0.2, 0) is 4.74 Å². The fourth-order valence-electron chi connectivity index (χ4n) is 2.93. The Morgan fingerprint density at radius 2 is 1.64 bits per heavy atom. The second-order valence-electron chi connectivity index (χ2n) is 5.65. The predicted molar refractivity (Wildman–Crippen MR) is 92.8 cm³/mol. The van der Waals surface area contributed by atoms with Gasteiger partial charge in [-0.15, -0.1) is 0 Å². The van der Waals surface area contributed by atoms with Crippen LogP contribution in [0.5, 0.6) is 5.75 Å². The lowest BCUT2D eigenvalue weighted by atomic mass is 9.99. The van der Waals surface area contributed by atoms with E-state index in [0.29, 0.717) is 0 Å². The van der Waals surface area contributed by atoms with Crippen LogP contribution in [-0.4, -0.2) is 20.3 Å². The van der Waals surface area contributed by atoms with E-state index >= 15 is 0 Å². The van der Waals surface area contributed by atoms with Gasteiger partial charge in [-0.3, -0.25) is 0 Å². The third-order valence-electron chi connectivity index (χ3n) is 4.04. The molecule has 0 aliphatic rings. The van der Waals surface area contributed by atoms with E-state index < -0.39 is 0 Å². The first-order chi connectivity index (χ1) is 10.8. The molecule has 0 atom stereocenters. The fraction of sp³-hybridized carbons (Fsp3) is 0.300.